The maximum absolute atomic E-state index is 12.4. The summed E-state index contributed by atoms with van der Waals surface area (Å²) in [5.41, 5.74) is -0.646. The van der Waals surface area contributed by atoms with E-state index >= 15 is 0 Å². The van der Waals surface area contributed by atoms with E-state index in [9.17, 15) is 9.59 Å². The first kappa shape index (κ1) is 15.0. The fraction of sp³-hybridized carbons (Fsp3) is 0.857. The third-order valence-electron chi connectivity index (χ3n) is 4.28. The van der Waals surface area contributed by atoms with Crippen LogP contribution >= 0.6 is 0 Å². The van der Waals surface area contributed by atoms with Gasteiger partial charge in [0.1, 0.15) is 11.6 Å². The summed E-state index contributed by atoms with van der Waals surface area (Å²) < 4.78 is 0. The molecular weight excluding hydrogens is 228 g/mol. The number of nitrogens with one attached hydrogen (secondary N) is 1. The van der Waals surface area contributed by atoms with Gasteiger partial charge in [-0.3, -0.25) is 9.59 Å². The van der Waals surface area contributed by atoms with Crippen molar-refractivity contribution in [1.29, 1.82) is 0 Å². The van der Waals surface area contributed by atoms with E-state index in [1.165, 1.54) is 0 Å². The number of carbonyl (C=O) groups excluding carboxylic acids is 2. The molecule has 2 atom stereocenters. The lowest BCUT2D eigenvalue weighted by Gasteiger charge is -2.48. The minimum Gasteiger partial charge on any atom is -0.343 e. The molecule has 18 heavy (non-hydrogen) atoms. The van der Waals surface area contributed by atoms with E-state index in [4.69, 9.17) is 0 Å². The SMILES string of the molecule is CCC(C)CN1C(=O)C(C)NC(=O)C1(CC)CC. The molecule has 0 aromatic rings. The van der Waals surface area contributed by atoms with Crippen molar-refractivity contribution < 1.29 is 9.59 Å². The Kier molecular flexibility index (Phi) is 4.77. The van der Waals surface area contributed by atoms with E-state index < -0.39 is 11.6 Å². The molecule has 104 valence electrons. The zero-order valence-corrected chi connectivity index (χ0v) is 12.2. The number of rotatable bonds is 5. The lowest BCUT2D eigenvalue weighted by molar-refractivity contribution is -0.158. The van der Waals surface area contributed by atoms with E-state index in [-0.39, 0.29) is 11.8 Å². The Balaban J connectivity index is 3.08. The number of nitrogens with zero attached hydrogens (tertiary/aromatic N) is 1. The van der Waals surface area contributed by atoms with Crippen molar-refractivity contribution >= 4 is 11.8 Å². The lowest BCUT2D eigenvalue weighted by atomic mass is 9.85. The molecule has 1 aliphatic rings. The molecule has 1 heterocycles. The van der Waals surface area contributed by atoms with E-state index in [2.05, 4.69) is 19.2 Å². The quantitative estimate of drug-likeness (QED) is 0.815. The normalized spacial score (nSPS) is 24.9. The Morgan fingerprint density at radius 1 is 1.28 bits per heavy atom. The summed E-state index contributed by atoms with van der Waals surface area (Å²) in [6.07, 6.45) is 2.36. The third kappa shape index (κ3) is 2.38. The number of piperazine rings is 1. The number of amides is 2. The van der Waals surface area contributed by atoms with E-state index in [1.54, 1.807) is 6.92 Å². The number of hydrogen-bond donors (Lipinski definition) is 1. The Morgan fingerprint density at radius 3 is 2.28 bits per heavy atom. The van der Waals surface area contributed by atoms with Gasteiger partial charge in [0.25, 0.3) is 0 Å². The van der Waals surface area contributed by atoms with Gasteiger partial charge in [0, 0.05) is 6.54 Å². The molecule has 1 N–H and O–H groups in total. The minimum atomic E-state index is -0.646. The molecule has 0 radical (unpaired) electrons. The van der Waals surface area contributed by atoms with Crippen LogP contribution in [0.2, 0.25) is 0 Å². The molecule has 1 rings (SSSR count). The van der Waals surface area contributed by atoms with Crippen LogP contribution in [0.15, 0.2) is 0 Å². The van der Waals surface area contributed by atoms with Crippen LogP contribution in [0.4, 0.5) is 0 Å². The molecule has 4 nitrogen and oxygen atoms in total. The van der Waals surface area contributed by atoms with Gasteiger partial charge in [-0.15, -0.1) is 0 Å². The van der Waals surface area contributed by atoms with Crippen LogP contribution in [0.1, 0.15) is 53.9 Å². The number of hydrogen-bond acceptors (Lipinski definition) is 2. The lowest BCUT2D eigenvalue weighted by Crippen LogP contribution is -2.70. The predicted molar refractivity (Wildman–Crippen MR) is 72.1 cm³/mol. The van der Waals surface area contributed by atoms with Crippen LogP contribution in [0, 0.1) is 5.92 Å². The monoisotopic (exact) mass is 254 g/mol. The third-order valence-corrected chi connectivity index (χ3v) is 4.28. The maximum Gasteiger partial charge on any atom is 0.246 e. The van der Waals surface area contributed by atoms with Crippen molar-refractivity contribution in [2.24, 2.45) is 5.92 Å². The molecule has 1 fully saturated rings. The predicted octanol–water partition coefficient (Wildman–Crippen LogP) is 1.94. The van der Waals surface area contributed by atoms with Crippen molar-refractivity contribution in [3.63, 3.8) is 0 Å². The second kappa shape index (κ2) is 5.72. The molecule has 0 aromatic heterocycles. The first-order chi connectivity index (χ1) is 8.42. The van der Waals surface area contributed by atoms with Crippen LogP contribution in [-0.4, -0.2) is 34.8 Å². The fourth-order valence-corrected chi connectivity index (χ4v) is 2.62. The number of carbonyl (C=O) groups is 2. The summed E-state index contributed by atoms with van der Waals surface area (Å²) in [4.78, 5) is 26.5. The van der Waals surface area contributed by atoms with Gasteiger partial charge in [0.05, 0.1) is 0 Å². The summed E-state index contributed by atoms with van der Waals surface area (Å²) in [6.45, 7) is 10.6. The summed E-state index contributed by atoms with van der Waals surface area (Å²) in [6, 6.07) is -0.396. The molecule has 4 heteroatoms. The second-order valence-corrected chi connectivity index (χ2v) is 5.40. The molecule has 0 aliphatic carbocycles. The van der Waals surface area contributed by atoms with Gasteiger partial charge in [-0.1, -0.05) is 34.1 Å². The molecular formula is C14H26N2O2. The van der Waals surface area contributed by atoms with Crippen LogP contribution in [0.3, 0.4) is 0 Å². The van der Waals surface area contributed by atoms with E-state index in [0.29, 0.717) is 25.3 Å². The first-order valence-corrected chi connectivity index (χ1v) is 7.05. The average Bonchev–Trinajstić information content (AvgIpc) is 2.36. The van der Waals surface area contributed by atoms with Gasteiger partial charge >= 0.3 is 0 Å². The highest BCUT2D eigenvalue weighted by atomic mass is 16.2. The van der Waals surface area contributed by atoms with Crippen molar-refractivity contribution in [3.05, 3.63) is 0 Å². The van der Waals surface area contributed by atoms with Gasteiger partial charge in [0.15, 0.2) is 0 Å². The first-order valence-electron chi connectivity index (χ1n) is 7.05. The largest absolute Gasteiger partial charge is 0.343 e. The molecule has 2 unspecified atom stereocenters. The highest BCUT2D eigenvalue weighted by molar-refractivity contribution is 5.99. The maximum atomic E-state index is 12.4. The van der Waals surface area contributed by atoms with Crippen molar-refractivity contribution in [2.75, 3.05) is 6.54 Å². The second-order valence-electron chi connectivity index (χ2n) is 5.40. The van der Waals surface area contributed by atoms with Crippen LogP contribution < -0.4 is 5.32 Å². The highest BCUT2D eigenvalue weighted by Gasteiger charge is 2.49. The van der Waals surface area contributed by atoms with Crippen molar-refractivity contribution in [2.45, 2.75) is 65.5 Å². The molecule has 0 saturated carbocycles. The summed E-state index contributed by atoms with van der Waals surface area (Å²) >= 11 is 0. The van der Waals surface area contributed by atoms with E-state index in [0.717, 1.165) is 6.42 Å². The zero-order valence-electron chi connectivity index (χ0n) is 12.2. The van der Waals surface area contributed by atoms with Crippen LogP contribution in [-0.2, 0) is 9.59 Å². The van der Waals surface area contributed by atoms with E-state index in [1.807, 2.05) is 18.7 Å². The fourth-order valence-electron chi connectivity index (χ4n) is 2.62. The zero-order chi connectivity index (χ0) is 13.9. The Bertz CT molecular complexity index is 324. The van der Waals surface area contributed by atoms with Gasteiger partial charge in [0.2, 0.25) is 11.8 Å². The molecule has 2 amide bonds. The van der Waals surface area contributed by atoms with Crippen molar-refractivity contribution in [1.82, 2.24) is 10.2 Å². The topological polar surface area (TPSA) is 49.4 Å². The van der Waals surface area contributed by atoms with Gasteiger partial charge in [-0.05, 0) is 25.7 Å². The Morgan fingerprint density at radius 2 is 1.83 bits per heavy atom. The smallest absolute Gasteiger partial charge is 0.246 e. The summed E-state index contributed by atoms with van der Waals surface area (Å²) in [5.74, 6) is 0.478. The minimum absolute atomic E-state index is 0.00269. The summed E-state index contributed by atoms with van der Waals surface area (Å²) in [7, 11) is 0. The summed E-state index contributed by atoms with van der Waals surface area (Å²) in [5, 5.41) is 2.81. The van der Waals surface area contributed by atoms with Crippen molar-refractivity contribution in [3.8, 4) is 0 Å². The van der Waals surface area contributed by atoms with Gasteiger partial charge in [-0.2, -0.15) is 0 Å². The standard InChI is InChI=1S/C14H26N2O2/c1-6-10(4)9-16-12(17)11(5)15-13(18)14(16,7-2)8-3/h10-11H,6-9H2,1-5H3,(H,15,18). The molecule has 0 bridgehead atoms. The Labute approximate surface area is 110 Å². The molecule has 1 saturated heterocycles. The average molecular weight is 254 g/mol. The molecule has 0 spiro atoms. The van der Waals surface area contributed by atoms with Gasteiger partial charge in [-0.25, -0.2) is 0 Å². The van der Waals surface area contributed by atoms with Gasteiger partial charge < -0.3 is 10.2 Å². The van der Waals surface area contributed by atoms with Crippen LogP contribution in [0.5, 0.6) is 0 Å². The molecule has 0 aromatic carbocycles. The van der Waals surface area contributed by atoms with Crippen LogP contribution in [0.25, 0.3) is 0 Å². The molecule has 1 aliphatic heterocycles. The Hall–Kier alpha value is -1.06. The highest BCUT2D eigenvalue weighted by Crippen LogP contribution is 2.30.